The molecule has 2 aliphatic rings. The SMILES string of the molecule is CCOc1ccc(-c2cn(C3CN(C(=O)[C@@H]4CCOC4)C3)nn2)cc1. The van der Waals surface area contributed by atoms with Crippen LogP contribution in [0.5, 0.6) is 5.75 Å². The number of hydrogen-bond acceptors (Lipinski definition) is 5. The van der Waals surface area contributed by atoms with Gasteiger partial charge in [0.15, 0.2) is 0 Å². The van der Waals surface area contributed by atoms with Gasteiger partial charge >= 0.3 is 0 Å². The first kappa shape index (κ1) is 16.1. The van der Waals surface area contributed by atoms with E-state index in [9.17, 15) is 4.79 Å². The zero-order valence-corrected chi connectivity index (χ0v) is 14.3. The third kappa shape index (κ3) is 3.24. The van der Waals surface area contributed by atoms with Crippen molar-refractivity contribution < 1.29 is 14.3 Å². The summed E-state index contributed by atoms with van der Waals surface area (Å²) in [5.74, 6) is 1.10. The monoisotopic (exact) mass is 342 g/mol. The van der Waals surface area contributed by atoms with Gasteiger partial charge < -0.3 is 14.4 Å². The van der Waals surface area contributed by atoms with Crippen LogP contribution in [0.1, 0.15) is 19.4 Å². The number of ether oxygens (including phenoxy) is 2. The molecule has 0 unspecified atom stereocenters. The standard InChI is InChI=1S/C18H22N4O3/c1-2-25-16-5-3-13(4-6-16)17-11-22(20-19-17)15-9-21(10-15)18(23)14-7-8-24-12-14/h3-6,11,14-15H,2,7-10,12H2,1H3/t14-/m1/s1. The predicted molar refractivity (Wildman–Crippen MR) is 91.2 cm³/mol. The molecule has 7 nitrogen and oxygen atoms in total. The molecule has 4 rings (SSSR count). The van der Waals surface area contributed by atoms with Crippen molar-refractivity contribution in [3.8, 4) is 17.0 Å². The van der Waals surface area contributed by atoms with Crippen LogP contribution in [0.2, 0.25) is 0 Å². The molecule has 1 aromatic carbocycles. The fourth-order valence-corrected chi connectivity index (χ4v) is 3.27. The van der Waals surface area contributed by atoms with E-state index in [1.165, 1.54) is 0 Å². The lowest BCUT2D eigenvalue weighted by Crippen LogP contribution is -2.52. The fraction of sp³-hybridized carbons (Fsp3) is 0.500. The summed E-state index contributed by atoms with van der Waals surface area (Å²) < 4.78 is 12.6. The van der Waals surface area contributed by atoms with Gasteiger partial charge in [-0.3, -0.25) is 4.79 Å². The summed E-state index contributed by atoms with van der Waals surface area (Å²) in [6, 6.07) is 8.04. The molecule has 0 radical (unpaired) electrons. The number of carbonyl (C=O) groups excluding carboxylic acids is 1. The third-order valence-corrected chi connectivity index (χ3v) is 4.80. The molecular formula is C18H22N4O3. The van der Waals surface area contributed by atoms with Crippen LogP contribution in [0.3, 0.4) is 0 Å². The zero-order valence-electron chi connectivity index (χ0n) is 14.3. The quantitative estimate of drug-likeness (QED) is 0.828. The van der Waals surface area contributed by atoms with Crippen molar-refractivity contribution in [2.75, 3.05) is 32.9 Å². The molecule has 132 valence electrons. The minimum absolute atomic E-state index is 0.0381. The number of carbonyl (C=O) groups is 1. The van der Waals surface area contributed by atoms with Crippen molar-refractivity contribution in [3.05, 3.63) is 30.5 Å². The molecule has 1 atom stereocenters. The molecule has 2 aliphatic heterocycles. The van der Waals surface area contributed by atoms with Crippen molar-refractivity contribution in [2.24, 2.45) is 5.92 Å². The number of aromatic nitrogens is 3. The number of hydrogen-bond donors (Lipinski definition) is 0. The van der Waals surface area contributed by atoms with Gasteiger partial charge in [-0.25, -0.2) is 4.68 Å². The number of likely N-dealkylation sites (tertiary alicyclic amines) is 1. The second-order valence-corrected chi connectivity index (χ2v) is 6.50. The lowest BCUT2D eigenvalue weighted by molar-refractivity contribution is -0.141. The van der Waals surface area contributed by atoms with Crippen LogP contribution in [0, 0.1) is 5.92 Å². The summed E-state index contributed by atoms with van der Waals surface area (Å²) in [6.07, 6.45) is 2.78. The van der Waals surface area contributed by atoms with Gasteiger partial charge in [-0.1, -0.05) is 5.21 Å². The molecule has 2 saturated heterocycles. The van der Waals surface area contributed by atoms with E-state index in [-0.39, 0.29) is 17.9 Å². The van der Waals surface area contributed by atoms with Crippen LogP contribution in [-0.2, 0) is 9.53 Å². The van der Waals surface area contributed by atoms with E-state index in [4.69, 9.17) is 9.47 Å². The summed E-state index contributed by atoms with van der Waals surface area (Å²) in [5.41, 5.74) is 1.84. The van der Waals surface area contributed by atoms with E-state index in [2.05, 4.69) is 10.3 Å². The van der Waals surface area contributed by atoms with Gasteiger partial charge in [0.2, 0.25) is 5.91 Å². The van der Waals surface area contributed by atoms with Crippen LogP contribution in [0.4, 0.5) is 0 Å². The molecule has 2 aromatic rings. The molecule has 3 heterocycles. The molecule has 1 aromatic heterocycles. The average Bonchev–Trinajstić information content (AvgIpc) is 3.26. The highest BCUT2D eigenvalue weighted by molar-refractivity contribution is 5.80. The number of nitrogens with zero attached hydrogens (tertiary/aromatic N) is 4. The zero-order chi connectivity index (χ0) is 17.2. The molecule has 7 heteroatoms. The Balaban J connectivity index is 1.36. The largest absolute Gasteiger partial charge is 0.494 e. The van der Waals surface area contributed by atoms with Crippen molar-refractivity contribution in [2.45, 2.75) is 19.4 Å². The Kier molecular flexibility index (Phi) is 4.40. The van der Waals surface area contributed by atoms with Gasteiger partial charge in [0, 0.05) is 25.3 Å². The summed E-state index contributed by atoms with van der Waals surface area (Å²) in [5, 5.41) is 8.50. The maximum absolute atomic E-state index is 12.3. The van der Waals surface area contributed by atoms with Crippen molar-refractivity contribution in [1.82, 2.24) is 19.9 Å². The molecular weight excluding hydrogens is 320 g/mol. The summed E-state index contributed by atoms with van der Waals surface area (Å²) in [7, 11) is 0. The Bertz CT molecular complexity index is 731. The van der Waals surface area contributed by atoms with Gasteiger partial charge in [0.25, 0.3) is 0 Å². The molecule has 0 saturated carbocycles. The summed E-state index contributed by atoms with van der Waals surface area (Å²) in [4.78, 5) is 14.2. The predicted octanol–water partition coefficient (Wildman–Crippen LogP) is 1.76. The highest BCUT2D eigenvalue weighted by Gasteiger charge is 2.37. The van der Waals surface area contributed by atoms with E-state index < -0.39 is 0 Å². The highest BCUT2D eigenvalue weighted by Crippen LogP contribution is 2.27. The second kappa shape index (κ2) is 6.84. The second-order valence-electron chi connectivity index (χ2n) is 6.50. The summed E-state index contributed by atoms with van der Waals surface area (Å²) in [6.45, 7) is 5.27. The number of benzene rings is 1. The Morgan fingerprint density at radius 1 is 1.32 bits per heavy atom. The van der Waals surface area contributed by atoms with E-state index >= 15 is 0 Å². The van der Waals surface area contributed by atoms with Crippen molar-refractivity contribution >= 4 is 5.91 Å². The van der Waals surface area contributed by atoms with E-state index in [1.54, 1.807) is 0 Å². The minimum atomic E-state index is 0.0381. The fourth-order valence-electron chi connectivity index (χ4n) is 3.27. The lowest BCUT2D eigenvalue weighted by Gasteiger charge is -2.40. The van der Waals surface area contributed by atoms with Crippen LogP contribution in [-0.4, -0.2) is 58.7 Å². The van der Waals surface area contributed by atoms with E-state index in [0.29, 0.717) is 32.9 Å². The first-order valence-corrected chi connectivity index (χ1v) is 8.76. The number of rotatable bonds is 5. The number of amides is 1. The molecule has 0 spiro atoms. The van der Waals surface area contributed by atoms with Gasteiger partial charge in [0.1, 0.15) is 11.4 Å². The van der Waals surface area contributed by atoms with Crippen molar-refractivity contribution in [3.63, 3.8) is 0 Å². The normalized spacial score (nSPS) is 20.5. The molecule has 1 amide bonds. The van der Waals surface area contributed by atoms with Gasteiger partial charge in [-0.15, -0.1) is 5.10 Å². The van der Waals surface area contributed by atoms with Gasteiger partial charge in [0.05, 0.1) is 31.4 Å². The van der Waals surface area contributed by atoms with Crippen LogP contribution < -0.4 is 4.74 Å². The minimum Gasteiger partial charge on any atom is -0.494 e. The molecule has 0 bridgehead atoms. The maximum Gasteiger partial charge on any atom is 0.228 e. The Morgan fingerprint density at radius 3 is 2.80 bits per heavy atom. The summed E-state index contributed by atoms with van der Waals surface area (Å²) >= 11 is 0. The van der Waals surface area contributed by atoms with E-state index in [1.807, 2.05) is 47.0 Å². The molecule has 2 fully saturated rings. The smallest absolute Gasteiger partial charge is 0.228 e. The lowest BCUT2D eigenvalue weighted by atomic mass is 10.0. The van der Waals surface area contributed by atoms with Crippen molar-refractivity contribution in [1.29, 1.82) is 0 Å². The molecule has 0 aliphatic carbocycles. The maximum atomic E-state index is 12.3. The Labute approximate surface area is 146 Å². The van der Waals surface area contributed by atoms with Crippen LogP contribution in [0.25, 0.3) is 11.3 Å². The highest BCUT2D eigenvalue weighted by atomic mass is 16.5. The van der Waals surface area contributed by atoms with Gasteiger partial charge in [-0.05, 0) is 37.6 Å². The molecule has 25 heavy (non-hydrogen) atoms. The first-order chi connectivity index (χ1) is 12.2. The van der Waals surface area contributed by atoms with Crippen LogP contribution in [0.15, 0.2) is 30.5 Å². The Morgan fingerprint density at radius 2 is 2.12 bits per heavy atom. The van der Waals surface area contributed by atoms with E-state index in [0.717, 1.165) is 23.4 Å². The third-order valence-electron chi connectivity index (χ3n) is 4.80. The first-order valence-electron chi connectivity index (χ1n) is 8.76. The topological polar surface area (TPSA) is 69.5 Å². The molecule has 0 N–H and O–H groups in total. The Hall–Kier alpha value is -2.41. The van der Waals surface area contributed by atoms with Gasteiger partial charge in [-0.2, -0.15) is 0 Å². The average molecular weight is 342 g/mol. The van der Waals surface area contributed by atoms with Crippen LogP contribution >= 0.6 is 0 Å².